The Labute approximate surface area is 233 Å². The fourth-order valence-corrected chi connectivity index (χ4v) is 5.43. The summed E-state index contributed by atoms with van der Waals surface area (Å²) in [6.45, 7) is 4.17. The molecule has 0 fully saturated rings. The molecule has 3 aromatic carbocycles. The average Bonchev–Trinajstić information content (AvgIpc) is 3.39. The van der Waals surface area contributed by atoms with E-state index in [1.807, 2.05) is 48.5 Å². The number of esters is 1. The van der Waals surface area contributed by atoms with Crippen LogP contribution >= 0.6 is 11.3 Å². The molecule has 39 heavy (non-hydrogen) atoms. The Morgan fingerprint density at radius 1 is 0.949 bits per heavy atom. The van der Waals surface area contributed by atoms with Crippen LogP contribution in [0.25, 0.3) is 10.4 Å². The summed E-state index contributed by atoms with van der Waals surface area (Å²) in [6.07, 6.45) is 1.86. The van der Waals surface area contributed by atoms with Gasteiger partial charge < -0.3 is 9.47 Å². The van der Waals surface area contributed by atoms with Crippen LogP contribution in [0.15, 0.2) is 84.9 Å². The van der Waals surface area contributed by atoms with E-state index < -0.39 is 0 Å². The van der Waals surface area contributed by atoms with Gasteiger partial charge in [-0.1, -0.05) is 54.6 Å². The predicted octanol–water partition coefficient (Wildman–Crippen LogP) is 7.95. The Morgan fingerprint density at radius 3 is 2.46 bits per heavy atom. The monoisotopic (exact) mass is 544 g/mol. The number of halogens is 1. The highest BCUT2D eigenvalue weighted by Gasteiger charge is 2.15. The zero-order valence-electron chi connectivity index (χ0n) is 22.3. The summed E-state index contributed by atoms with van der Waals surface area (Å²) >= 11 is 1.68. The van der Waals surface area contributed by atoms with Gasteiger partial charge in [0.25, 0.3) is 0 Å². The van der Waals surface area contributed by atoms with Crippen LogP contribution in [-0.4, -0.2) is 24.5 Å². The smallest absolute Gasteiger partial charge is 0.302 e. The molecule has 0 aliphatic carbocycles. The number of benzene rings is 3. The molecule has 0 N–H and O–H groups in total. The molecule has 0 aliphatic rings. The van der Waals surface area contributed by atoms with Crippen LogP contribution in [0.1, 0.15) is 58.1 Å². The van der Waals surface area contributed by atoms with Gasteiger partial charge in [-0.3, -0.25) is 9.59 Å². The van der Waals surface area contributed by atoms with Crippen LogP contribution in [0.2, 0.25) is 0 Å². The SMILES string of the molecule is CC(=O)O[C@@H](CCCC(=O)c1ccc(C)c(Cc2ccc(-c3ccc(F)cc3)s2)c1)COCc1ccccc1. The van der Waals surface area contributed by atoms with Crippen molar-refractivity contribution in [2.24, 2.45) is 0 Å². The summed E-state index contributed by atoms with van der Waals surface area (Å²) in [5, 5.41) is 0. The number of carbonyl (C=O) groups excluding carboxylic acids is 2. The molecule has 6 heteroatoms. The molecule has 1 heterocycles. The van der Waals surface area contributed by atoms with Crippen molar-refractivity contribution in [1.29, 1.82) is 0 Å². The van der Waals surface area contributed by atoms with E-state index >= 15 is 0 Å². The molecule has 0 radical (unpaired) electrons. The first-order valence-corrected chi connectivity index (χ1v) is 14.0. The van der Waals surface area contributed by atoms with Crippen LogP contribution in [0.3, 0.4) is 0 Å². The lowest BCUT2D eigenvalue weighted by Gasteiger charge is -2.17. The number of ether oxygens (including phenoxy) is 2. The molecule has 0 amide bonds. The van der Waals surface area contributed by atoms with Gasteiger partial charge in [-0.15, -0.1) is 11.3 Å². The molecule has 0 bridgehead atoms. The Hall–Kier alpha value is -3.61. The van der Waals surface area contributed by atoms with Crippen molar-refractivity contribution in [3.8, 4) is 10.4 Å². The average molecular weight is 545 g/mol. The quantitative estimate of drug-likeness (QED) is 0.127. The van der Waals surface area contributed by atoms with E-state index in [4.69, 9.17) is 9.47 Å². The maximum atomic E-state index is 13.3. The normalized spacial score (nSPS) is 11.8. The second-order valence-corrected chi connectivity index (χ2v) is 10.8. The fraction of sp³-hybridized carbons (Fsp3) is 0.273. The highest BCUT2D eigenvalue weighted by atomic mass is 32.1. The van der Waals surface area contributed by atoms with Crippen LogP contribution in [-0.2, 0) is 27.3 Å². The molecule has 0 saturated heterocycles. The topological polar surface area (TPSA) is 52.6 Å². The summed E-state index contributed by atoms with van der Waals surface area (Å²) in [5.41, 5.74) is 4.98. The first-order chi connectivity index (χ1) is 18.9. The van der Waals surface area contributed by atoms with Crippen molar-refractivity contribution in [2.75, 3.05) is 6.61 Å². The van der Waals surface area contributed by atoms with E-state index in [9.17, 15) is 14.0 Å². The Balaban J connectivity index is 1.31. The number of thiophene rings is 1. The van der Waals surface area contributed by atoms with E-state index in [0.29, 0.717) is 31.4 Å². The zero-order valence-corrected chi connectivity index (χ0v) is 23.1. The number of Topliss-reactive ketones (excluding diaryl/α,β-unsaturated/α-hetero) is 1. The van der Waals surface area contributed by atoms with Gasteiger partial charge in [0.15, 0.2) is 5.78 Å². The molecule has 4 rings (SSSR count). The Morgan fingerprint density at radius 2 is 1.72 bits per heavy atom. The molecule has 4 nitrogen and oxygen atoms in total. The van der Waals surface area contributed by atoms with Gasteiger partial charge in [0, 0.05) is 35.1 Å². The molecule has 0 saturated carbocycles. The van der Waals surface area contributed by atoms with E-state index in [1.165, 1.54) is 23.9 Å². The maximum absolute atomic E-state index is 13.3. The van der Waals surface area contributed by atoms with Gasteiger partial charge in [-0.25, -0.2) is 4.39 Å². The minimum atomic E-state index is -0.387. The standard InChI is InChI=1S/C33H33FO4S/c1-23-11-12-27(19-28(23)20-31-17-18-33(39-31)26-13-15-29(34)16-14-26)32(36)10-6-9-30(38-24(2)35)22-37-21-25-7-4-3-5-8-25/h3-5,7-8,11-19,30H,6,9-10,20-22H2,1-2H3/t30-/m0/s1. The summed E-state index contributed by atoms with van der Waals surface area (Å²) in [6, 6.07) is 26.4. The van der Waals surface area contributed by atoms with Crippen molar-refractivity contribution in [2.45, 2.75) is 52.2 Å². The molecule has 1 atom stereocenters. The third kappa shape index (κ3) is 8.70. The van der Waals surface area contributed by atoms with E-state index in [1.54, 1.807) is 23.5 Å². The first-order valence-electron chi connectivity index (χ1n) is 13.1. The lowest BCUT2D eigenvalue weighted by Crippen LogP contribution is -2.22. The second-order valence-electron chi connectivity index (χ2n) is 9.64. The predicted molar refractivity (Wildman–Crippen MR) is 154 cm³/mol. The van der Waals surface area contributed by atoms with Crippen LogP contribution < -0.4 is 0 Å². The highest BCUT2D eigenvalue weighted by molar-refractivity contribution is 7.15. The van der Waals surface area contributed by atoms with Crippen LogP contribution in [0.5, 0.6) is 0 Å². The summed E-state index contributed by atoms with van der Waals surface area (Å²) in [5.74, 6) is -0.527. The summed E-state index contributed by atoms with van der Waals surface area (Å²) in [4.78, 5) is 26.8. The van der Waals surface area contributed by atoms with Gasteiger partial charge in [-0.05, 0) is 72.4 Å². The van der Waals surface area contributed by atoms with Crippen molar-refractivity contribution >= 4 is 23.1 Å². The first kappa shape index (κ1) is 28.4. The molecule has 0 aliphatic heterocycles. The highest BCUT2D eigenvalue weighted by Crippen LogP contribution is 2.30. The molecular formula is C33H33FO4S. The van der Waals surface area contributed by atoms with E-state index in [0.717, 1.165) is 33.6 Å². The number of ketones is 1. The number of hydrogen-bond acceptors (Lipinski definition) is 5. The molecule has 1 aromatic heterocycles. The van der Waals surface area contributed by atoms with Gasteiger partial charge >= 0.3 is 5.97 Å². The molecule has 4 aromatic rings. The third-order valence-corrected chi connectivity index (χ3v) is 7.64. The maximum Gasteiger partial charge on any atom is 0.302 e. The Kier molecular flexibility index (Phi) is 10.2. The van der Waals surface area contributed by atoms with Crippen molar-refractivity contribution < 1.29 is 23.5 Å². The number of aryl methyl sites for hydroxylation is 1. The summed E-state index contributed by atoms with van der Waals surface area (Å²) in [7, 11) is 0. The molecular weight excluding hydrogens is 511 g/mol. The Bertz CT molecular complexity index is 1380. The van der Waals surface area contributed by atoms with Crippen LogP contribution in [0.4, 0.5) is 4.39 Å². The number of rotatable bonds is 13. The third-order valence-electron chi connectivity index (χ3n) is 6.50. The van der Waals surface area contributed by atoms with Gasteiger partial charge in [0.1, 0.15) is 11.9 Å². The van der Waals surface area contributed by atoms with E-state index in [-0.39, 0.29) is 30.3 Å². The van der Waals surface area contributed by atoms with Crippen molar-refractivity contribution in [1.82, 2.24) is 0 Å². The lowest BCUT2D eigenvalue weighted by atomic mass is 9.97. The minimum Gasteiger partial charge on any atom is -0.460 e. The van der Waals surface area contributed by atoms with Crippen LogP contribution in [0, 0.1) is 12.7 Å². The molecule has 202 valence electrons. The van der Waals surface area contributed by atoms with Gasteiger partial charge in [0.05, 0.1) is 13.2 Å². The fourth-order valence-electron chi connectivity index (χ4n) is 4.39. The van der Waals surface area contributed by atoms with Gasteiger partial charge in [-0.2, -0.15) is 0 Å². The second kappa shape index (κ2) is 14.0. The summed E-state index contributed by atoms with van der Waals surface area (Å²) < 4.78 is 24.5. The minimum absolute atomic E-state index is 0.0706. The van der Waals surface area contributed by atoms with Crippen molar-refractivity contribution in [3.63, 3.8) is 0 Å². The molecule has 0 spiro atoms. The number of carbonyl (C=O) groups is 2. The van der Waals surface area contributed by atoms with E-state index in [2.05, 4.69) is 19.1 Å². The largest absolute Gasteiger partial charge is 0.460 e. The number of hydrogen-bond donors (Lipinski definition) is 0. The molecule has 0 unspecified atom stereocenters. The van der Waals surface area contributed by atoms with Gasteiger partial charge in [0.2, 0.25) is 0 Å². The zero-order chi connectivity index (χ0) is 27.6. The lowest BCUT2D eigenvalue weighted by molar-refractivity contribution is -0.150. The van der Waals surface area contributed by atoms with Crippen molar-refractivity contribution in [3.05, 3.63) is 118 Å².